The molecule has 3 rings (SSSR count). The molecule has 21 heavy (non-hydrogen) atoms. The molecule has 0 amide bonds. The first-order valence-corrected chi connectivity index (χ1v) is 7.33. The van der Waals surface area contributed by atoms with Crippen LogP contribution in [0.25, 0.3) is 11.0 Å². The Bertz CT molecular complexity index is 740. The van der Waals surface area contributed by atoms with E-state index in [1.165, 1.54) is 16.5 Å². The first-order chi connectivity index (χ1) is 10.2. The number of hydrogen-bond acceptors (Lipinski definition) is 3. The average Bonchev–Trinajstić information content (AvgIpc) is 3.04. The second-order valence-corrected chi connectivity index (χ2v) is 5.55. The number of pyridine rings is 1. The molecule has 0 bridgehead atoms. The second kappa shape index (κ2) is 5.69. The second-order valence-electron chi connectivity index (χ2n) is 5.55. The SMILES string of the molecule is CCC(N)Cc1cn(Cc2cnn(C)c2)c2ncccc12. The highest BCUT2D eigenvalue weighted by molar-refractivity contribution is 5.80. The van der Waals surface area contributed by atoms with Crippen molar-refractivity contribution in [3.63, 3.8) is 0 Å². The highest BCUT2D eigenvalue weighted by atomic mass is 15.2. The Balaban J connectivity index is 1.98. The van der Waals surface area contributed by atoms with Crippen molar-refractivity contribution in [1.82, 2.24) is 19.3 Å². The summed E-state index contributed by atoms with van der Waals surface area (Å²) in [6.45, 7) is 2.90. The third kappa shape index (κ3) is 2.83. The van der Waals surface area contributed by atoms with Crippen molar-refractivity contribution in [2.45, 2.75) is 32.4 Å². The molecule has 0 aromatic carbocycles. The fourth-order valence-electron chi connectivity index (χ4n) is 2.66. The van der Waals surface area contributed by atoms with Crippen LogP contribution in [0.4, 0.5) is 0 Å². The van der Waals surface area contributed by atoms with Crippen molar-refractivity contribution in [3.8, 4) is 0 Å². The average molecular weight is 283 g/mol. The Kier molecular flexibility index (Phi) is 3.75. The van der Waals surface area contributed by atoms with E-state index < -0.39 is 0 Å². The van der Waals surface area contributed by atoms with E-state index in [4.69, 9.17) is 5.73 Å². The summed E-state index contributed by atoms with van der Waals surface area (Å²) in [5, 5.41) is 5.42. The normalized spacial score (nSPS) is 12.9. The van der Waals surface area contributed by atoms with Crippen molar-refractivity contribution in [1.29, 1.82) is 0 Å². The maximum atomic E-state index is 6.12. The lowest BCUT2D eigenvalue weighted by Gasteiger charge is -2.06. The zero-order valence-corrected chi connectivity index (χ0v) is 12.5. The number of nitrogens with two attached hydrogens (primary N) is 1. The molecule has 0 spiro atoms. The number of fused-ring (bicyclic) bond motifs is 1. The molecule has 0 saturated carbocycles. The predicted octanol–water partition coefficient (Wildman–Crippen LogP) is 2.10. The summed E-state index contributed by atoms with van der Waals surface area (Å²) in [6, 6.07) is 4.31. The van der Waals surface area contributed by atoms with Gasteiger partial charge < -0.3 is 10.3 Å². The van der Waals surface area contributed by atoms with E-state index in [1.54, 1.807) is 0 Å². The molecule has 0 saturated heterocycles. The Morgan fingerprint density at radius 2 is 2.19 bits per heavy atom. The van der Waals surface area contributed by atoms with Crippen molar-refractivity contribution in [2.24, 2.45) is 12.8 Å². The molecule has 110 valence electrons. The van der Waals surface area contributed by atoms with Crippen molar-refractivity contribution in [3.05, 3.63) is 48.0 Å². The summed E-state index contributed by atoms with van der Waals surface area (Å²) >= 11 is 0. The molecule has 5 nitrogen and oxygen atoms in total. The fraction of sp³-hybridized carbons (Fsp3) is 0.375. The molecule has 3 aromatic rings. The number of rotatable bonds is 5. The highest BCUT2D eigenvalue weighted by Crippen LogP contribution is 2.22. The van der Waals surface area contributed by atoms with Gasteiger partial charge in [-0.25, -0.2) is 4.98 Å². The van der Waals surface area contributed by atoms with Crippen LogP contribution in [0.1, 0.15) is 24.5 Å². The molecule has 0 radical (unpaired) electrons. The van der Waals surface area contributed by atoms with Crippen LogP contribution in [0.2, 0.25) is 0 Å². The lowest BCUT2D eigenvalue weighted by Crippen LogP contribution is -2.21. The Morgan fingerprint density at radius 3 is 2.90 bits per heavy atom. The van der Waals surface area contributed by atoms with Crippen LogP contribution >= 0.6 is 0 Å². The van der Waals surface area contributed by atoms with Gasteiger partial charge >= 0.3 is 0 Å². The van der Waals surface area contributed by atoms with Gasteiger partial charge in [0.05, 0.1) is 12.7 Å². The van der Waals surface area contributed by atoms with Gasteiger partial charge in [-0.05, 0) is 30.5 Å². The topological polar surface area (TPSA) is 61.7 Å². The Hall–Kier alpha value is -2.14. The van der Waals surface area contributed by atoms with Gasteiger partial charge in [0.25, 0.3) is 0 Å². The Morgan fingerprint density at radius 1 is 1.33 bits per heavy atom. The number of hydrogen-bond donors (Lipinski definition) is 1. The summed E-state index contributed by atoms with van der Waals surface area (Å²) < 4.78 is 4.01. The highest BCUT2D eigenvalue weighted by Gasteiger charge is 2.12. The zero-order valence-electron chi connectivity index (χ0n) is 12.5. The minimum atomic E-state index is 0.197. The van der Waals surface area contributed by atoms with Gasteiger partial charge in [0.2, 0.25) is 0 Å². The van der Waals surface area contributed by atoms with Gasteiger partial charge in [-0.2, -0.15) is 5.10 Å². The lowest BCUT2D eigenvalue weighted by atomic mass is 10.1. The molecule has 0 aliphatic heterocycles. The standard InChI is InChI=1S/C16H21N5/c1-3-14(17)7-13-11-21(10-12-8-19-20(2)9-12)16-15(13)5-4-6-18-16/h4-6,8-9,11,14H,3,7,10,17H2,1-2H3. The number of aromatic nitrogens is 4. The maximum absolute atomic E-state index is 6.12. The molecular weight excluding hydrogens is 262 g/mol. The van der Waals surface area contributed by atoms with Gasteiger partial charge in [0.15, 0.2) is 0 Å². The number of aryl methyl sites for hydroxylation is 1. The quantitative estimate of drug-likeness (QED) is 0.780. The van der Waals surface area contributed by atoms with Gasteiger partial charge in [0.1, 0.15) is 5.65 Å². The first kappa shape index (κ1) is 13.8. The van der Waals surface area contributed by atoms with Crippen LogP contribution < -0.4 is 5.73 Å². The minimum Gasteiger partial charge on any atom is -0.328 e. The van der Waals surface area contributed by atoms with E-state index in [0.29, 0.717) is 0 Å². The summed E-state index contributed by atoms with van der Waals surface area (Å²) in [7, 11) is 1.93. The molecule has 0 aliphatic rings. The van der Waals surface area contributed by atoms with Crippen LogP contribution in [-0.2, 0) is 20.0 Å². The van der Waals surface area contributed by atoms with Crippen LogP contribution in [0, 0.1) is 0 Å². The van der Waals surface area contributed by atoms with Crippen LogP contribution in [-0.4, -0.2) is 25.4 Å². The van der Waals surface area contributed by atoms with Gasteiger partial charge in [-0.3, -0.25) is 4.68 Å². The van der Waals surface area contributed by atoms with Crippen LogP contribution in [0.5, 0.6) is 0 Å². The van der Waals surface area contributed by atoms with E-state index in [-0.39, 0.29) is 6.04 Å². The summed E-state index contributed by atoms with van der Waals surface area (Å²) in [4.78, 5) is 4.53. The van der Waals surface area contributed by atoms with E-state index in [2.05, 4.69) is 33.8 Å². The molecule has 0 aliphatic carbocycles. The van der Waals surface area contributed by atoms with E-state index in [1.807, 2.05) is 36.4 Å². The Labute approximate surface area is 124 Å². The summed E-state index contributed by atoms with van der Waals surface area (Å²) in [5.41, 5.74) is 9.58. The van der Waals surface area contributed by atoms with Gasteiger partial charge in [0, 0.05) is 42.6 Å². The van der Waals surface area contributed by atoms with E-state index in [0.717, 1.165) is 25.0 Å². The van der Waals surface area contributed by atoms with Crippen molar-refractivity contribution in [2.75, 3.05) is 0 Å². The van der Waals surface area contributed by atoms with Crippen LogP contribution in [0.15, 0.2) is 36.9 Å². The molecule has 2 N–H and O–H groups in total. The smallest absolute Gasteiger partial charge is 0.140 e. The molecule has 3 heterocycles. The van der Waals surface area contributed by atoms with Gasteiger partial charge in [-0.15, -0.1) is 0 Å². The molecule has 1 atom stereocenters. The molecule has 3 aromatic heterocycles. The third-order valence-electron chi connectivity index (χ3n) is 3.83. The molecule has 1 unspecified atom stereocenters. The van der Waals surface area contributed by atoms with E-state index in [9.17, 15) is 0 Å². The van der Waals surface area contributed by atoms with Crippen molar-refractivity contribution >= 4 is 11.0 Å². The summed E-state index contributed by atoms with van der Waals surface area (Å²) in [5.74, 6) is 0. The minimum absolute atomic E-state index is 0.197. The molecule has 0 fully saturated rings. The molecule has 5 heteroatoms. The zero-order chi connectivity index (χ0) is 14.8. The monoisotopic (exact) mass is 283 g/mol. The summed E-state index contributed by atoms with van der Waals surface area (Å²) in [6.07, 6.45) is 9.82. The molecular formula is C16H21N5. The van der Waals surface area contributed by atoms with Crippen molar-refractivity contribution < 1.29 is 0 Å². The number of nitrogens with zero attached hydrogens (tertiary/aromatic N) is 4. The predicted molar refractivity (Wildman–Crippen MR) is 84.0 cm³/mol. The fourth-order valence-corrected chi connectivity index (χ4v) is 2.66. The first-order valence-electron chi connectivity index (χ1n) is 7.33. The third-order valence-corrected chi connectivity index (χ3v) is 3.83. The van der Waals surface area contributed by atoms with E-state index >= 15 is 0 Å². The lowest BCUT2D eigenvalue weighted by molar-refractivity contribution is 0.646. The van der Waals surface area contributed by atoms with Gasteiger partial charge in [-0.1, -0.05) is 6.92 Å². The largest absolute Gasteiger partial charge is 0.328 e. The van der Waals surface area contributed by atoms with Crippen LogP contribution in [0.3, 0.4) is 0 Å². The maximum Gasteiger partial charge on any atom is 0.140 e.